The minimum Gasteiger partial charge on any atom is -0.419 e. The molecule has 3 rings (SSSR count). The molecule has 0 atom stereocenters. The molecule has 2 aromatic heterocycles. The quantitative estimate of drug-likeness (QED) is 0.779. The molecule has 0 aliphatic carbocycles. The molecule has 23 heavy (non-hydrogen) atoms. The number of carbonyl (C=O) groups excluding carboxylic acids is 1. The van der Waals surface area contributed by atoms with Crippen molar-refractivity contribution in [2.45, 2.75) is 6.42 Å². The summed E-state index contributed by atoms with van der Waals surface area (Å²) in [4.78, 5) is 16.1. The lowest BCUT2D eigenvalue weighted by Gasteiger charge is -2.03. The number of hydrogen-bond acceptors (Lipinski definition) is 5. The molecule has 0 radical (unpaired) electrons. The Hall–Kier alpha value is -2.73. The molecule has 0 spiro atoms. The molecule has 1 aromatic carbocycles. The minimum absolute atomic E-state index is 0.197. The Morgan fingerprint density at radius 2 is 2.09 bits per heavy atom. The Balaban J connectivity index is 1.55. The van der Waals surface area contributed by atoms with E-state index < -0.39 is 0 Å². The van der Waals surface area contributed by atoms with Gasteiger partial charge in [0.15, 0.2) is 0 Å². The van der Waals surface area contributed by atoms with Crippen LogP contribution in [0, 0.1) is 0 Å². The summed E-state index contributed by atoms with van der Waals surface area (Å²) in [5.41, 5.74) is 1.13. The van der Waals surface area contributed by atoms with Crippen LogP contribution in [0.15, 0.2) is 53.1 Å². The first-order valence-corrected chi connectivity index (χ1v) is 7.38. The predicted octanol–water partition coefficient (Wildman–Crippen LogP) is 2.76. The van der Waals surface area contributed by atoms with Crippen molar-refractivity contribution < 1.29 is 9.21 Å². The van der Waals surface area contributed by atoms with Gasteiger partial charge in [0.2, 0.25) is 5.89 Å². The summed E-state index contributed by atoms with van der Waals surface area (Å²) in [7, 11) is 0. The molecule has 1 N–H and O–H groups in total. The zero-order valence-corrected chi connectivity index (χ0v) is 12.8. The van der Waals surface area contributed by atoms with Crippen LogP contribution in [-0.4, -0.2) is 27.6 Å². The van der Waals surface area contributed by atoms with Gasteiger partial charge in [-0.2, -0.15) is 0 Å². The maximum Gasteiger partial charge on any atom is 0.266 e. The molecule has 116 valence electrons. The van der Waals surface area contributed by atoms with Gasteiger partial charge in [-0.15, -0.1) is 10.2 Å². The molecule has 0 aliphatic heterocycles. The van der Waals surface area contributed by atoms with Crippen molar-refractivity contribution in [1.29, 1.82) is 0 Å². The van der Waals surface area contributed by atoms with E-state index in [-0.39, 0.29) is 5.91 Å². The van der Waals surface area contributed by atoms with Crippen molar-refractivity contribution in [3.8, 4) is 11.6 Å². The zero-order chi connectivity index (χ0) is 16.1. The Kier molecular flexibility index (Phi) is 4.63. The number of nitrogens with zero attached hydrogens (tertiary/aromatic N) is 3. The third-order valence-corrected chi connectivity index (χ3v) is 3.30. The third-order valence-electron chi connectivity index (χ3n) is 3.06. The van der Waals surface area contributed by atoms with Crippen LogP contribution in [0.25, 0.3) is 11.6 Å². The van der Waals surface area contributed by atoms with E-state index in [9.17, 15) is 4.79 Å². The number of pyridine rings is 1. The van der Waals surface area contributed by atoms with Crippen LogP contribution in [0.1, 0.15) is 16.2 Å². The van der Waals surface area contributed by atoms with Gasteiger partial charge in [0.1, 0.15) is 5.69 Å². The number of aromatic nitrogens is 3. The van der Waals surface area contributed by atoms with E-state index in [0.717, 1.165) is 0 Å². The minimum atomic E-state index is -0.197. The fourth-order valence-corrected chi connectivity index (χ4v) is 2.15. The predicted molar refractivity (Wildman–Crippen MR) is 85.0 cm³/mol. The first-order chi connectivity index (χ1) is 11.2. The number of halogens is 1. The van der Waals surface area contributed by atoms with Crippen LogP contribution in [0.5, 0.6) is 0 Å². The van der Waals surface area contributed by atoms with Gasteiger partial charge in [-0.1, -0.05) is 23.7 Å². The summed E-state index contributed by atoms with van der Waals surface area (Å²) < 4.78 is 5.52. The molecule has 7 heteroatoms. The highest BCUT2D eigenvalue weighted by Crippen LogP contribution is 2.14. The van der Waals surface area contributed by atoms with Crippen molar-refractivity contribution in [1.82, 2.24) is 20.5 Å². The standard InChI is InChI=1S/C16H13ClN4O2/c17-12-5-3-4-11(10-12)15(22)19-9-7-14-20-21-16(23-14)13-6-1-2-8-18-13/h1-6,8,10H,7,9H2,(H,19,22). The second-order valence-corrected chi connectivity index (χ2v) is 5.17. The topological polar surface area (TPSA) is 80.9 Å². The first kappa shape index (κ1) is 15.2. The number of benzene rings is 1. The van der Waals surface area contributed by atoms with Crippen LogP contribution in [0.3, 0.4) is 0 Å². The Labute approximate surface area is 137 Å². The molecule has 3 aromatic rings. The maximum atomic E-state index is 12.0. The lowest BCUT2D eigenvalue weighted by Crippen LogP contribution is -2.25. The van der Waals surface area contributed by atoms with E-state index in [1.54, 1.807) is 36.5 Å². The maximum absolute atomic E-state index is 12.0. The average molecular weight is 329 g/mol. The Bertz CT molecular complexity index is 805. The molecule has 0 fully saturated rings. The fraction of sp³-hybridized carbons (Fsp3) is 0.125. The summed E-state index contributed by atoms with van der Waals surface area (Å²) >= 11 is 5.86. The summed E-state index contributed by atoms with van der Waals surface area (Å²) in [5, 5.41) is 11.2. The molecule has 0 bridgehead atoms. The normalized spacial score (nSPS) is 10.5. The van der Waals surface area contributed by atoms with Gasteiger partial charge >= 0.3 is 0 Å². The van der Waals surface area contributed by atoms with E-state index in [1.807, 2.05) is 12.1 Å². The molecule has 0 saturated carbocycles. The lowest BCUT2D eigenvalue weighted by molar-refractivity contribution is 0.0953. The van der Waals surface area contributed by atoms with Crippen LogP contribution < -0.4 is 5.32 Å². The van der Waals surface area contributed by atoms with E-state index in [4.69, 9.17) is 16.0 Å². The molecule has 6 nitrogen and oxygen atoms in total. The number of nitrogens with one attached hydrogen (secondary N) is 1. The molecular weight excluding hydrogens is 316 g/mol. The Morgan fingerprint density at radius 3 is 2.87 bits per heavy atom. The number of rotatable bonds is 5. The summed E-state index contributed by atoms with van der Waals surface area (Å²) in [6.45, 7) is 0.384. The van der Waals surface area contributed by atoms with E-state index in [1.165, 1.54) is 0 Å². The highest BCUT2D eigenvalue weighted by atomic mass is 35.5. The van der Waals surface area contributed by atoms with Gasteiger partial charge in [-0.3, -0.25) is 9.78 Å². The first-order valence-electron chi connectivity index (χ1n) is 7.00. The van der Waals surface area contributed by atoms with Gasteiger partial charge in [0.25, 0.3) is 11.8 Å². The van der Waals surface area contributed by atoms with Crippen LogP contribution >= 0.6 is 11.6 Å². The van der Waals surface area contributed by atoms with Crippen molar-refractivity contribution in [2.75, 3.05) is 6.54 Å². The number of hydrogen-bond donors (Lipinski definition) is 1. The van der Waals surface area contributed by atoms with Crippen LogP contribution in [0.4, 0.5) is 0 Å². The molecule has 0 unspecified atom stereocenters. The summed E-state index contributed by atoms with van der Waals surface area (Å²) in [6.07, 6.45) is 2.09. The van der Waals surface area contributed by atoms with Gasteiger partial charge in [-0.25, -0.2) is 0 Å². The van der Waals surface area contributed by atoms with E-state index in [0.29, 0.717) is 41.0 Å². The van der Waals surface area contributed by atoms with Gasteiger partial charge in [0, 0.05) is 29.7 Å². The third kappa shape index (κ3) is 3.92. The molecular formula is C16H13ClN4O2. The molecule has 0 aliphatic rings. The summed E-state index contributed by atoms with van der Waals surface area (Å²) in [6, 6.07) is 12.2. The van der Waals surface area contributed by atoms with Crippen molar-refractivity contribution in [3.05, 3.63) is 65.1 Å². The van der Waals surface area contributed by atoms with E-state index in [2.05, 4.69) is 20.5 Å². The fourth-order valence-electron chi connectivity index (χ4n) is 1.96. The smallest absolute Gasteiger partial charge is 0.266 e. The molecule has 1 amide bonds. The molecule has 2 heterocycles. The van der Waals surface area contributed by atoms with Gasteiger partial charge in [0.05, 0.1) is 0 Å². The monoisotopic (exact) mass is 328 g/mol. The zero-order valence-electron chi connectivity index (χ0n) is 12.1. The number of amides is 1. The van der Waals surface area contributed by atoms with Crippen LogP contribution in [0.2, 0.25) is 5.02 Å². The van der Waals surface area contributed by atoms with Crippen molar-refractivity contribution in [3.63, 3.8) is 0 Å². The summed E-state index contributed by atoms with van der Waals surface area (Å²) in [5.74, 6) is 0.607. The second kappa shape index (κ2) is 7.02. The Morgan fingerprint density at radius 1 is 1.17 bits per heavy atom. The van der Waals surface area contributed by atoms with Gasteiger partial charge in [-0.05, 0) is 30.3 Å². The van der Waals surface area contributed by atoms with Gasteiger partial charge < -0.3 is 9.73 Å². The molecule has 0 saturated heterocycles. The largest absolute Gasteiger partial charge is 0.419 e. The number of carbonyl (C=O) groups is 1. The van der Waals surface area contributed by atoms with Crippen molar-refractivity contribution in [2.24, 2.45) is 0 Å². The van der Waals surface area contributed by atoms with Crippen LogP contribution in [-0.2, 0) is 6.42 Å². The highest BCUT2D eigenvalue weighted by Gasteiger charge is 2.10. The SMILES string of the molecule is O=C(NCCc1nnc(-c2ccccn2)o1)c1cccc(Cl)c1. The van der Waals surface area contributed by atoms with Crippen molar-refractivity contribution >= 4 is 17.5 Å². The van der Waals surface area contributed by atoms with E-state index >= 15 is 0 Å². The second-order valence-electron chi connectivity index (χ2n) is 4.73. The average Bonchev–Trinajstić information content (AvgIpc) is 3.04. The lowest BCUT2D eigenvalue weighted by atomic mass is 10.2. The highest BCUT2D eigenvalue weighted by molar-refractivity contribution is 6.30.